The Balaban J connectivity index is 2.09. The van der Waals surface area contributed by atoms with Gasteiger partial charge in [0.25, 0.3) is 0 Å². The van der Waals surface area contributed by atoms with Gasteiger partial charge in [0.15, 0.2) is 11.6 Å². The highest BCUT2D eigenvalue weighted by Gasteiger charge is 2.25. The zero-order valence-electron chi connectivity index (χ0n) is 10.6. The van der Waals surface area contributed by atoms with Crippen molar-refractivity contribution in [1.29, 1.82) is 0 Å². The standard InChI is InChI=1S/C11H19N5OS/c1-17-9-10(13-6-14-11(9)16-12)15-7-3-4-8(5-7)18-2/h6-8H,3-5,12H2,1-2H3,(H2,13,14,15,16). The number of aromatic nitrogens is 2. The van der Waals surface area contributed by atoms with E-state index in [0.29, 0.717) is 23.4 Å². The van der Waals surface area contributed by atoms with Gasteiger partial charge in [0.2, 0.25) is 5.75 Å². The van der Waals surface area contributed by atoms with Crippen LogP contribution in [0.25, 0.3) is 0 Å². The van der Waals surface area contributed by atoms with E-state index in [2.05, 4.69) is 27.0 Å². The van der Waals surface area contributed by atoms with Crippen molar-refractivity contribution in [2.24, 2.45) is 5.84 Å². The molecule has 18 heavy (non-hydrogen) atoms. The van der Waals surface area contributed by atoms with Crippen LogP contribution in [0.1, 0.15) is 19.3 Å². The van der Waals surface area contributed by atoms with Crippen LogP contribution in [0.3, 0.4) is 0 Å². The molecule has 2 rings (SSSR count). The summed E-state index contributed by atoms with van der Waals surface area (Å²) in [5.74, 6) is 7.15. The van der Waals surface area contributed by atoms with Gasteiger partial charge >= 0.3 is 0 Å². The first kappa shape index (κ1) is 13.2. The van der Waals surface area contributed by atoms with E-state index < -0.39 is 0 Å². The minimum atomic E-state index is 0.442. The monoisotopic (exact) mass is 269 g/mol. The molecule has 100 valence electrons. The van der Waals surface area contributed by atoms with Crippen LogP contribution in [0.5, 0.6) is 5.75 Å². The van der Waals surface area contributed by atoms with Gasteiger partial charge in [0.1, 0.15) is 6.33 Å². The molecule has 0 amide bonds. The van der Waals surface area contributed by atoms with Gasteiger partial charge in [-0.15, -0.1) is 0 Å². The Morgan fingerprint density at radius 2 is 2.17 bits per heavy atom. The van der Waals surface area contributed by atoms with Gasteiger partial charge in [0.05, 0.1) is 7.11 Å². The molecule has 2 atom stereocenters. The van der Waals surface area contributed by atoms with Gasteiger partial charge in [-0.25, -0.2) is 15.8 Å². The fraction of sp³-hybridized carbons (Fsp3) is 0.636. The predicted octanol–water partition coefficient (Wildman–Crippen LogP) is 1.47. The van der Waals surface area contributed by atoms with Crippen molar-refractivity contribution >= 4 is 23.4 Å². The molecule has 1 heterocycles. The van der Waals surface area contributed by atoms with E-state index in [9.17, 15) is 0 Å². The number of hydrogen-bond donors (Lipinski definition) is 3. The van der Waals surface area contributed by atoms with E-state index in [1.807, 2.05) is 11.8 Å². The number of nitrogen functional groups attached to an aromatic ring is 1. The molecule has 0 saturated heterocycles. The molecule has 4 N–H and O–H groups in total. The van der Waals surface area contributed by atoms with E-state index in [1.54, 1.807) is 7.11 Å². The second-order valence-corrected chi connectivity index (χ2v) is 5.40. The largest absolute Gasteiger partial charge is 0.490 e. The maximum atomic E-state index is 5.40. The third-order valence-corrected chi connectivity index (χ3v) is 4.30. The SMILES string of the molecule is COc1c(NN)ncnc1NC1CCC(SC)C1. The molecule has 1 aromatic rings. The first-order chi connectivity index (χ1) is 8.78. The highest BCUT2D eigenvalue weighted by atomic mass is 32.2. The summed E-state index contributed by atoms with van der Waals surface area (Å²) >= 11 is 1.93. The van der Waals surface area contributed by atoms with E-state index in [1.165, 1.54) is 12.7 Å². The lowest BCUT2D eigenvalue weighted by atomic mass is 10.2. The van der Waals surface area contributed by atoms with Crippen LogP contribution in [0.15, 0.2) is 6.33 Å². The third-order valence-electron chi connectivity index (χ3n) is 3.20. The van der Waals surface area contributed by atoms with E-state index >= 15 is 0 Å². The summed E-state index contributed by atoms with van der Waals surface area (Å²) in [5.41, 5.74) is 2.51. The lowest BCUT2D eigenvalue weighted by Crippen LogP contribution is -2.19. The lowest BCUT2D eigenvalue weighted by Gasteiger charge is -2.17. The number of hydrogen-bond acceptors (Lipinski definition) is 7. The van der Waals surface area contributed by atoms with Crippen LogP contribution < -0.4 is 21.3 Å². The van der Waals surface area contributed by atoms with Crippen molar-refractivity contribution in [2.75, 3.05) is 24.1 Å². The molecular formula is C11H19N5OS. The molecule has 1 fully saturated rings. The summed E-state index contributed by atoms with van der Waals surface area (Å²) in [6.07, 6.45) is 7.19. The Morgan fingerprint density at radius 1 is 1.39 bits per heavy atom. The molecule has 1 aromatic heterocycles. The fourth-order valence-electron chi connectivity index (χ4n) is 2.25. The van der Waals surface area contributed by atoms with Gasteiger partial charge in [-0.2, -0.15) is 11.8 Å². The Labute approximate surface area is 111 Å². The first-order valence-corrected chi connectivity index (χ1v) is 7.22. The predicted molar refractivity (Wildman–Crippen MR) is 75.0 cm³/mol. The Hall–Kier alpha value is -1.21. The van der Waals surface area contributed by atoms with Crippen LogP contribution in [-0.4, -0.2) is 34.6 Å². The smallest absolute Gasteiger partial charge is 0.205 e. The minimum Gasteiger partial charge on any atom is -0.490 e. The van der Waals surface area contributed by atoms with Crippen LogP contribution in [-0.2, 0) is 0 Å². The summed E-state index contributed by atoms with van der Waals surface area (Å²) in [4.78, 5) is 8.24. The first-order valence-electron chi connectivity index (χ1n) is 5.93. The molecule has 0 aromatic carbocycles. The second-order valence-electron chi connectivity index (χ2n) is 4.26. The molecule has 1 aliphatic rings. The second kappa shape index (κ2) is 6.10. The normalized spacial score (nSPS) is 22.8. The maximum absolute atomic E-state index is 5.40. The molecule has 7 heteroatoms. The van der Waals surface area contributed by atoms with Crippen molar-refractivity contribution in [3.05, 3.63) is 6.33 Å². The van der Waals surface area contributed by atoms with Crippen LogP contribution in [0.4, 0.5) is 11.6 Å². The van der Waals surface area contributed by atoms with E-state index in [4.69, 9.17) is 10.6 Å². The van der Waals surface area contributed by atoms with Crippen molar-refractivity contribution in [3.63, 3.8) is 0 Å². The Kier molecular flexibility index (Phi) is 4.48. The number of nitrogens with two attached hydrogens (primary N) is 1. The summed E-state index contributed by atoms with van der Waals surface area (Å²) < 4.78 is 5.30. The zero-order chi connectivity index (χ0) is 13.0. The molecule has 0 aliphatic heterocycles. The molecule has 2 unspecified atom stereocenters. The number of hydrazine groups is 1. The quantitative estimate of drug-likeness (QED) is 0.551. The van der Waals surface area contributed by atoms with Gasteiger partial charge in [-0.1, -0.05) is 0 Å². The summed E-state index contributed by atoms with van der Waals surface area (Å²) in [6.45, 7) is 0. The zero-order valence-corrected chi connectivity index (χ0v) is 11.5. The van der Waals surface area contributed by atoms with Crippen LogP contribution in [0, 0.1) is 0 Å². The van der Waals surface area contributed by atoms with Gasteiger partial charge in [-0.05, 0) is 25.5 Å². The Bertz CT molecular complexity index is 403. The number of rotatable bonds is 5. The topological polar surface area (TPSA) is 85.1 Å². The van der Waals surface area contributed by atoms with Crippen molar-refractivity contribution in [1.82, 2.24) is 9.97 Å². The highest BCUT2D eigenvalue weighted by molar-refractivity contribution is 7.99. The number of ether oxygens (including phenoxy) is 1. The number of nitrogens with one attached hydrogen (secondary N) is 2. The van der Waals surface area contributed by atoms with Crippen molar-refractivity contribution in [3.8, 4) is 5.75 Å². The number of thioether (sulfide) groups is 1. The Morgan fingerprint density at radius 3 is 2.78 bits per heavy atom. The van der Waals surface area contributed by atoms with Gasteiger partial charge in [-0.3, -0.25) is 0 Å². The van der Waals surface area contributed by atoms with Crippen LogP contribution in [0.2, 0.25) is 0 Å². The molecule has 0 radical (unpaired) electrons. The van der Waals surface area contributed by atoms with Crippen molar-refractivity contribution < 1.29 is 4.74 Å². The lowest BCUT2D eigenvalue weighted by molar-refractivity contribution is 0.414. The number of nitrogens with zero attached hydrogens (tertiary/aromatic N) is 2. The fourth-order valence-corrected chi connectivity index (χ4v) is 3.05. The molecular weight excluding hydrogens is 250 g/mol. The van der Waals surface area contributed by atoms with Gasteiger partial charge in [0, 0.05) is 11.3 Å². The number of methoxy groups -OCH3 is 1. The molecule has 1 saturated carbocycles. The average molecular weight is 269 g/mol. The van der Waals surface area contributed by atoms with Crippen LogP contribution >= 0.6 is 11.8 Å². The molecule has 0 bridgehead atoms. The maximum Gasteiger partial charge on any atom is 0.205 e. The van der Waals surface area contributed by atoms with Gasteiger partial charge < -0.3 is 15.5 Å². The molecule has 6 nitrogen and oxygen atoms in total. The third kappa shape index (κ3) is 2.78. The minimum absolute atomic E-state index is 0.442. The average Bonchev–Trinajstić information content (AvgIpc) is 2.86. The summed E-state index contributed by atoms with van der Waals surface area (Å²) in [7, 11) is 1.59. The van der Waals surface area contributed by atoms with E-state index in [0.717, 1.165) is 18.1 Å². The molecule has 0 spiro atoms. The number of anilines is 2. The van der Waals surface area contributed by atoms with Crippen molar-refractivity contribution in [2.45, 2.75) is 30.6 Å². The highest BCUT2D eigenvalue weighted by Crippen LogP contribution is 2.33. The summed E-state index contributed by atoms with van der Waals surface area (Å²) in [5, 5.41) is 4.15. The summed E-state index contributed by atoms with van der Waals surface area (Å²) in [6, 6.07) is 0.442. The van der Waals surface area contributed by atoms with E-state index in [-0.39, 0.29) is 0 Å². The molecule has 1 aliphatic carbocycles.